The Morgan fingerprint density at radius 1 is 1.27 bits per heavy atom. The molecule has 0 radical (unpaired) electrons. The van der Waals surface area contributed by atoms with Crippen molar-refractivity contribution in [3.8, 4) is 6.07 Å². The Labute approximate surface area is 199 Å². The maximum absolute atomic E-state index is 12.4. The van der Waals surface area contributed by atoms with Gasteiger partial charge in [0.2, 0.25) is 5.91 Å². The highest BCUT2D eigenvalue weighted by Crippen LogP contribution is 2.53. The quantitative estimate of drug-likeness (QED) is 0.659. The number of rotatable bonds is 6. The van der Waals surface area contributed by atoms with E-state index in [2.05, 4.69) is 42.5 Å². The molecule has 0 aromatic carbocycles. The minimum absolute atomic E-state index is 0.0123. The number of carbonyl (C=O) groups is 1. The number of hydrogen-bond donors (Lipinski definition) is 1. The zero-order valence-electron chi connectivity index (χ0n) is 19.1. The van der Waals surface area contributed by atoms with Gasteiger partial charge in [-0.05, 0) is 62.3 Å². The first-order valence-electron chi connectivity index (χ1n) is 11.9. The van der Waals surface area contributed by atoms with Gasteiger partial charge in [0.15, 0.2) is 0 Å². The molecule has 1 saturated heterocycles. The Kier molecular flexibility index (Phi) is 6.03. The van der Waals surface area contributed by atoms with Crippen LogP contribution in [0.3, 0.4) is 0 Å². The van der Waals surface area contributed by atoms with Gasteiger partial charge in [-0.15, -0.1) is 11.3 Å². The van der Waals surface area contributed by atoms with Crippen molar-refractivity contribution >= 4 is 17.2 Å². The van der Waals surface area contributed by atoms with Crippen LogP contribution in [0.1, 0.15) is 54.7 Å². The fraction of sp³-hybridized carbons (Fsp3) is 0.481. The van der Waals surface area contributed by atoms with Crippen LogP contribution < -0.4 is 0 Å². The lowest BCUT2D eigenvalue weighted by molar-refractivity contribution is -0.129. The second-order valence-electron chi connectivity index (χ2n) is 9.67. The van der Waals surface area contributed by atoms with Gasteiger partial charge in [-0.1, -0.05) is 24.3 Å². The molecule has 5 rings (SSSR count). The summed E-state index contributed by atoms with van der Waals surface area (Å²) in [7, 11) is 0. The normalized spacial score (nSPS) is 30.5. The average molecular weight is 463 g/mol. The van der Waals surface area contributed by atoms with Crippen LogP contribution in [-0.2, 0) is 9.53 Å². The third-order valence-electron chi connectivity index (χ3n) is 7.29. The summed E-state index contributed by atoms with van der Waals surface area (Å²) < 4.78 is 5.81. The summed E-state index contributed by atoms with van der Waals surface area (Å²) in [5.74, 6) is 2.15. The number of β-amino-alcohol motifs (C(OH)–C–C–N with tert-alkyl or cyclic N) is 1. The molecule has 3 aliphatic carbocycles. The van der Waals surface area contributed by atoms with E-state index in [0.29, 0.717) is 48.5 Å². The maximum atomic E-state index is 12.4. The molecule has 1 aromatic heterocycles. The number of amides is 1. The molecule has 1 amide bonds. The largest absolute Gasteiger partial charge is 0.490 e. The van der Waals surface area contributed by atoms with Crippen molar-refractivity contribution in [2.45, 2.75) is 57.1 Å². The Balaban J connectivity index is 1.34. The third kappa shape index (κ3) is 3.98. The molecule has 2 heterocycles. The lowest BCUT2D eigenvalue weighted by Crippen LogP contribution is -2.37. The van der Waals surface area contributed by atoms with Crippen molar-refractivity contribution in [3.05, 3.63) is 69.2 Å². The molecule has 4 aliphatic rings. The van der Waals surface area contributed by atoms with Gasteiger partial charge < -0.3 is 14.7 Å². The first-order valence-corrected chi connectivity index (χ1v) is 12.7. The van der Waals surface area contributed by atoms with Crippen LogP contribution in [0.25, 0.3) is 0 Å². The van der Waals surface area contributed by atoms with E-state index >= 15 is 0 Å². The van der Waals surface area contributed by atoms with Gasteiger partial charge in [0, 0.05) is 34.6 Å². The zero-order valence-corrected chi connectivity index (χ0v) is 19.9. The van der Waals surface area contributed by atoms with E-state index in [4.69, 9.17) is 4.74 Å². The lowest BCUT2D eigenvalue weighted by atomic mass is 9.82. The highest BCUT2D eigenvalue weighted by atomic mass is 32.1. The summed E-state index contributed by atoms with van der Waals surface area (Å²) in [6, 6.07) is 6.94. The summed E-state index contributed by atoms with van der Waals surface area (Å²) >= 11 is 1.84. The minimum Gasteiger partial charge on any atom is -0.490 e. The van der Waals surface area contributed by atoms with E-state index in [-0.39, 0.29) is 30.6 Å². The van der Waals surface area contributed by atoms with E-state index in [1.807, 2.05) is 36.2 Å². The van der Waals surface area contributed by atoms with Gasteiger partial charge >= 0.3 is 0 Å². The monoisotopic (exact) mass is 462 g/mol. The second kappa shape index (κ2) is 8.96. The number of ether oxygens (including phenoxy) is 1. The van der Waals surface area contributed by atoms with E-state index in [9.17, 15) is 15.2 Å². The molecule has 172 valence electrons. The first-order chi connectivity index (χ1) is 16.0. The number of carbonyl (C=O) groups excluding carboxylic acids is 1. The highest BCUT2D eigenvalue weighted by molar-refractivity contribution is 7.12. The predicted molar refractivity (Wildman–Crippen MR) is 128 cm³/mol. The van der Waals surface area contributed by atoms with Crippen molar-refractivity contribution in [1.82, 2.24) is 4.90 Å². The summed E-state index contributed by atoms with van der Waals surface area (Å²) in [6.45, 7) is 4.39. The summed E-state index contributed by atoms with van der Waals surface area (Å²) in [5, 5.41) is 19.1. The molecule has 1 aromatic rings. The second-order valence-corrected chi connectivity index (χ2v) is 10.8. The average Bonchev–Trinajstić information content (AvgIpc) is 3.49. The van der Waals surface area contributed by atoms with E-state index < -0.39 is 0 Å². The van der Waals surface area contributed by atoms with Gasteiger partial charge in [0.1, 0.15) is 5.76 Å². The van der Waals surface area contributed by atoms with Crippen molar-refractivity contribution in [1.29, 1.82) is 5.26 Å². The topological polar surface area (TPSA) is 73.6 Å². The number of likely N-dealkylation sites (tertiary alicyclic amines) is 1. The van der Waals surface area contributed by atoms with Crippen molar-refractivity contribution < 1.29 is 14.6 Å². The molecule has 1 saturated carbocycles. The molecule has 5 unspecified atom stereocenters. The molecule has 1 N–H and O–H groups in total. The van der Waals surface area contributed by atoms with Gasteiger partial charge in [-0.2, -0.15) is 5.26 Å². The zero-order chi connectivity index (χ0) is 23.1. The van der Waals surface area contributed by atoms with Crippen molar-refractivity contribution in [2.24, 2.45) is 11.8 Å². The fourth-order valence-electron chi connectivity index (χ4n) is 5.97. The number of allylic oxidation sites excluding steroid dienone is 6. The van der Waals surface area contributed by atoms with Crippen LogP contribution in [0.15, 0.2) is 59.4 Å². The number of aliphatic hydroxyl groups is 1. The van der Waals surface area contributed by atoms with Gasteiger partial charge in [-0.3, -0.25) is 4.79 Å². The maximum Gasteiger partial charge on any atom is 0.223 e. The molecule has 5 atom stereocenters. The molecular weight excluding hydrogens is 432 g/mol. The molecule has 5 nitrogen and oxygen atoms in total. The first kappa shape index (κ1) is 22.2. The number of fused-ring (bicyclic) bond motifs is 3. The highest BCUT2D eigenvalue weighted by Gasteiger charge is 2.51. The SMILES string of the molecule is CC(C)OC1=C(C#N)CC(c2ccc(C3C=CC=C4C3CC3CC(=O)N(CCO)C43)s2)C=C1. The third-order valence-corrected chi connectivity index (χ3v) is 8.61. The van der Waals surface area contributed by atoms with E-state index in [1.54, 1.807) is 0 Å². The number of nitriles is 1. The molecule has 6 heteroatoms. The molecule has 0 spiro atoms. The molecular formula is C27H30N2O3S. The molecule has 0 bridgehead atoms. The smallest absolute Gasteiger partial charge is 0.223 e. The Morgan fingerprint density at radius 2 is 2.09 bits per heavy atom. The number of nitrogens with zero attached hydrogens (tertiary/aromatic N) is 2. The number of hydrogen-bond acceptors (Lipinski definition) is 5. The number of aliphatic hydroxyl groups excluding tert-OH is 1. The van der Waals surface area contributed by atoms with Crippen LogP contribution in [0.2, 0.25) is 0 Å². The van der Waals surface area contributed by atoms with E-state index in [1.165, 1.54) is 15.3 Å². The van der Waals surface area contributed by atoms with Gasteiger partial charge in [0.25, 0.3) is 0 Å². The van der Waals surface area contributed by atoms with E-state index in [0.717, 1.165) is 6.42 Å². The Morgan fingerprint density at radius 3 is 2.85 bits per heavy atom. The van der Waals surface area contributed by atoms with Crippen LogP contribution in [-0.4, -0.2) is 41.2 Å². The molecule has 2 fully saturated rings. The standard InChI is InChI=1S/C27H30N2O3S/c1-16(2)32-23-7-6-17(12-19(23)15-28)24-8-9-25(33-24)20-4-3-5-21-22(20)13-18-14-26(31)29(10-11-30)27(18)21/h3-9,16-18,20,22,27,30H,10-14H2,1-2H3. The lowest BCUT2D eigenvalue weighted by Gasteiger charge is -2.30. The van der Waals surface area contributed by atoms with Crippen LogP contribution in [0.5, 0.6) is 0 Å². The summed E-state index contributed by atoms with van der Waals surface area (Å²) in [4.78, 5) is 17.0. The summed E-state index contributed by atoms with van der Waals surface area (Å²) in [6.07, 6.45) is 13.1. The van der Waals surface area contributed by atoms with Crippen LogP contribution in [0, 0.1) is 23.2 Å². The predicted octanol–water partition coefficient (Wildman–Crippen LogP) is 4.80. The Bertz CT molecular complexity index is 1100. The Hall–Kier alpha value is -2.62. The fourth-order valence-corrected chi connectivity index (χ4v) is 7.21. The van der Waals surface area contributed by atoms with Crippen molar-refractivity contribution in [2.75, 3.05) is 13.2 Å². The van der Waals surface area contributed by atoms with Crippen molar-refractivity contribution in [3.63, 3.8) is 0 Å². The van der Waals surface area contributed by atoms with Crippen LogP contribution >= 0.6 is 11.3 Å². The summed E-state index contributed by atoms with van der Waals surface area (Å²) in [5.41, 5.74) is 2.07. The minimum atomic E-state index is 0.0123. The van der Waals surface area contributed by atoms with Crippen LogP contribution in [0.4, 0.5) is 0 Å². The van der Waals surface area contributed by atoms with Gasteiger partial charge in [0.05, 0.1) is 30.4 Å². The molecule has 33 heavy (non-hydrogen) atoms. The number of thiophene rings is 1. The van der Waals surface area contributed by atoms with Gasteiger partial charge in [-0.25, -0.2) is 0 Å². The molecule has 1 aliphatic heterocycles.